The molecule has 1 amide bonds. The van der Waals surface area contributed by atoms with Crippen molar-refractivity contribution >= 4 is 16.1 Å². The van der Waals surface area contributed by atoms with Crippen molar-refractivity contribution < 1.29 is 13.2 Å². The number of rotatable bonds is 6. The zero-order valence-corrected chi connectivity index (χ0v) is 12.2. The monoisotopic (exact) mass is 277 g/mol. The van der Waals surface area contributed by atoms with Crippen molar-refractivity contribution in [1.29, 1.82) is 0 Å². The third-order valence-corrected chi connectivity index (χ3v) is 4.82. The summed E-state index contributed by atoms with van der Waals surface area (Å²) in [6.45, 7) is 2.24. The fourth-order valence-electron chi connectivity index (χ4n) is 2.24. The molecule has 0 saturated heterocycles. The number of carbonyl (C=O) groups is 1. The van der Waals surface area contributed by atoms with Gasteiger partial charge in [-0.25, -0.2) is 4.72 Å². The maximum absolute atomic E-state index is 11.6. The third kappa shape index (κ3) is 4.22. The molecule has 106 valence electrons. The molecule has 0 spiro atoms. The van der Waals surface area contributed by atoms with E-state index in [0.717, 1.165) is 30.0 Å². The average Bonchev–Trinajstić information content (AvgIpc) is 2.76. The molecule has 1 saturated carbocycles. The zero-order valence-electron chi connectivity index (χ0n) is 11.3. The standard InChI is InChI=1S/C11H23N3O3S/c1-10(15)14(11-6-4-5-7-11)9-8-12-18(16,17)13(2)3/h11-12H,4-9H2,1-3H3. The Hall–Kier alpha value is -0.660. The Kier molecular flexibility index (Phi) is 5.55. The van der Waals surface area contributed by atoms with Crippen LogP contribution in [0.1, 0.15) is 32.6 Å². The van der Waals surface area contributed by atoms with Crippen LogP contribution in [0, 0.1) is 0 Å². The average molecular weight is 277 g/mol. The van der Waals surface area contributed by atoms with Gasteiger partial charge in [0.1, 0.15) is 0 Å². The SMILES string of the molecule is CC(=O)N(CCNS(=O)(=O)N(C)C)C1CCCC1. The van der Waals surface area contributed by atoms with Gasteiger partial charge in [0.15, 0.2) is 0 Å². The van der Waals surface area contributed by atoms with E-state index in [1.807, 2.05) is 0 Å². The first-order chi connectivity index (χ1) is 8.34. The van der Waals surface area contributed by atoms with Gasteiger partial charge < -0.3 is 4.90 Å². The minimum atomic E-state index is -3.40. The second-order valence-corrected chi connectivity index (χ2v) is 6.80. The quantitative estimate of drug-likeness (QED) is 0.752. The van der Waals surface area contributed by atoms with Crippen LogP contribution in [0.5, 0.6) is 0 Å². The number of nitrogens with zero attached hydrogens (tertiary/aromatic N) is 2. The van der Waals surface area contributed by atoms with Crippen LogP contribution in [0.4, 0.5) is 0 Å². The van der Waals surface area contributed by atoms with E-state index in [4.69, 9.17) is 0 Å². The molecule has 0 aromatic carbocycles. The maximum atomic E-state index is 11.6. The Bertz CT molecular complexity index is 375. The molecule has 6 nitrogen and oxygen atoms in total. The summed E-state index contributed by atoms with van der Waals surface area (Å²) in [5.74, 6) is 0.0194. The van der Waals surface area contributed by atoms with Crippen LogP contribution in [0.2, 0.25) is 0 Å². The molecule has 0 atom stereocenters. The van der Waals surface area contributed by atoms with E-state index < -0.39 is 10.2 Å². The summed E-state index contributed by atoms with van der Waals surface area (Å²) in [5.41, 5.74) is 0. The molecular formula is C11H23N3O3S. The second-order valence-electron chi connectivity index (χ2n) is 4.83. The van der Waals surface area contributed by atoms with Gasteiger partial charge in [-0.2, -0.15) is 12.7 Å². The Morgan fingerprint density at radius 1 is 1.28 bits per heavy atom. The first kappa shape index (κ1) is 15.4. The maximum Gasteiger partial charge on any atom is 0.278 e. The molecule has 18 heavy (non-hydrogen) atoms. The lowest BCUT2D eigenvalue weighted by atomic mass is 10.2. The van der Waals surface area contributed by atoms with Crippen molar-refractivity contribution in [2.75, 3.05) is 27.2 Å². The third-order valence-electron chi connectivity index (χ3n) is 3.29. The smallest absolute Gasteiger partial charge is 0.278 e. The molecule has 0 bridgehead atoms. The molecule has 0 aromatic heterocycles. The number of carbonyl (C=O) groups excluding carboxylic acids is 1. The van der Waals surface area contributed by atoms with Gasteiger partial charge >= 0.3 is 0 Å². The molecule has 7 heteroatoms. The van der Waals surface area contributed by atoms with Crippen molar-refractivity contribution in [3.05, 3.63) is 0 Å². The zero-order chi connectivity index (χ0) is 13.8. The van der Waals surface area contributed by atoms with Crippen LogP contribution in [-0.2, 0) is 15.0 Å². The second kappa shape index (κ2) is 6.49. The van der Waals surface area contributed by atoms with Gasteiger partial charge in [0.05, 0.1) is 0 Å². The summed E-state index contributed by atoms with van der Waals surface area (Å²) in [5, 5.41) is 0. The fraction of sp³-hybridized carbons (Fsp3) is 0.909. The highest BCUT2D eigenvalue weighted by Gasteiger charge is 2.24. The number of hydrogen-bond acceptors (Lipinski definition) is 3. The van der Waals surface area contributed by atoms with E-state index >= 15 is 0 Å². The van der Waals surface area contributed by atoms with Crippen molar-refractivity contribution in [3.63, 3.8) is 0 Å². The van der Waals surface area contributed by atoms with E-state index in [1.165, 1.54) is 14.1 Å². The molecule has 0 aliphatic heterocycles. The highest BCUT2D eigenvalue weighted by atomic mass is 32.2. The molecule has 0 heterocycles. The van der Waals surface area contributed by atoms with E-state index in [9.17, 15) is 13.2 Å². The Morgan fingerprint density at radius 3 is 2.28 bits per heavy atom. The first-order valence-electron chi connectivity index (χ1n) is 6.29. The van der Waals surface area contributed by atoms with Crippen LogP contribution >= 0.6 is 0 Å². The Labute approximate surface area is 110 Å². The van der Waals surface area contributed by atoms with Crippen molar-refractivity contribution in [2.45, 2.75) is 38.6 Å². The number of nitrogens with one attached hydrogen (secondary N) is 1. The van der Waals surface area contributed by atoms with E-state index in [0.29, 0.717) is 6.54 Å². The van der Waals surface area contributed by atoms with Crippen LogP contribution in [0.25, 0.3) is 0 Å². The van der Waals surface area contributed by atoms with E-state index in [1.54, 1.807) is 11.8 Å². The molecule has 1 rings (SSSR count). The normalized spacial score (nSPS) is 17.3. The summed E-state index contributed by atoms with van der Waals surface area (Å²) < 4.78 is 26.6. The summed E-state index contributed by atoms with van der Waals surface area (Å²) in [6, 6.07) is 0.284. The van der Waals surface area contributed by atoms with E-state index in [-0.39, 0.29) is 18.5 Å². The van der Waals surface area contributed by atoms with Crippen molar-refractivity contribution in [3.8, 4) is 0 Å². The molecule has 1 aliphatic rings. The minimum absolute atomic E-state index is 0.0194. The van der Waals surface area contributed by atoms with Crippen LogP contribution < -0.4 is 4.72 Å². The van der Waals surface area contributed by atoms with Gasteiger partial charge in [0, 0.05) is 40.2 Å². The predicted molar refractivity (Wildman–Crippen MR) is 70.3 cm³/mol. The number of hydrogen-bond donors (Lipinski definition) is 1. The fourth-order valence-corrected chi connectivity index (χ4v) is 2.84. The van der Waals surface area contributed by atoms with Crippen molar-refractivity contribution in [2.24, 2.45) is 0 Å². The van der Waals surface area contributed by atoms with Crippen LogP contribution in [-0.4, -0.2) is 56.8 Å². The first-order valence-corrected chi connectivity index (χ1v) is 7.73. The molecule has 1 fully saturated rings. The predicted octanol–water partition coefficient (Wildman–Crippen LogP) is 0.174. The van der Waals surface area contributed by atoms with Gasteiger partial charge in [-0.1, -0.05) is 12.8 Å². The van der Waals surface area contributed by atoms with Crippen LogP contribution in [0.15, 0.2) is 0 Å². The molecule has 1 aliphatic carbocycles. The van der Waals surface area contributed by atoms with E-state index in [2.05, 4.69) is 4.72 Å². The van der Waals surface area contributed by atoms with Crippen molar-refractivity contribution in [1.82, 2.24) is 13.9 Å². The topological polar surface area (TPSA) is 69.7 Å². The van der Waals surface area contributed by atoms with Gasteiger partial charge in [-0.05, 0) is 12.8 Å². The summed E-state index contributed by atoms with van der Waals surface area (Å²) in [7, 11) is -0.449. The summed E-state index contributed by atoms with van der Waals surface area (Å²) in [6.07, 6.45) is 4.36. The molecule has 0 aromatic rings. The van der Waals surface area contributed by atoms with Gasteiger partial charge in [0.2, 0.25) is 5.91 Å². The minimum Gasteiger partial charge on any atom is -0.339 e. The Morgan fingerprint density at radius 2 is 1.83 bits per heavy atom. The molecule has 0 unspecified atom stereocenters. The van der Waals surface area contributed by atoms with Gasteiger partial charge in [-0.15, -0.1) is 0 Å². The lowest BCUT2D eigenvalue weighted by Crippen LogP contribution is -2.44. The van der Waals surface area contributed by atoms with Gasteiger partial charge in [-0.3, -0.25) is 4.79 Å². The number of amides is 1. The lowest BCUT2D eigenvalue weighted by Gasteiger charge is -2.28. The lowest BCUT2D eigenvalue weighted by molar-refractivity contribution is -0.130. The largest absolute Gasteiger partial charge is 0.339 e. The highest BCUT2D eigenvalue weighted by molar-refractivity contribution is 7.87. The van der Waals surface area contributed by atoms with Crippen LogP contribution in [0.3, 0.4) is 0 Å². The Balaban J connectivity index is 2.46. The highest BCUT2D eigenvalue weighted by Crippen LogP contribution is 2.23. The molecule has 1 N–H and O–H groups in total. The molecule has 0 radical (unpaired) electrons. The summed E-state index contributed by atoms with van der Waals surface area (Å²) >= 11 is 0. The van der Waals surface area contributed by atoms with Gasteiger partial charge in [0.25, 0.3) is 10.2 Å². The molecular weight excluding hydrogens is 254 g/mol. The summed E-state index contributed by atoms with van der Waals surface area (Å²) in [4.78, 5) is 13.3.